The largest absolute Gasteiger partial charge is 0.480 e. The van der Waals surface area contributed by atoms with Crippen LogP contribution in [0, 0.1) is 0 Å². The molecule has 1 saturated heterocycles. The number of amides is 2. The third kappa shape index (κ3) is 4.18. The highest BCUT2D eigenvalue weighted by molar-refractivity contribution is 5.93. The molecule has 2 aromatic rings. The third-order valence-electron chi connectivity index (χ3n) is 6.73. The van der Waals surface area contributed by atoms with Gasteiger partial charge in [0.2, 0.25) is 5.91 Å². The molecular formula is C25H28N2O6. The van der Waals surface area contributed by atoms with Gasteiger partial charge in [-0.3, -0.25) is 4.79 Å². The lowest BCUT2D eigenvalue weighted by Gasteiger charge is -2.34. The Labute approximate surface area is 192 Å². The lowest BCUT2D eigenvalue weighted by molar-refractivity contribution is -0.150. The molecule has 0 bridgehead atoms. The number of likely N-dealkylation sites (tertiary alicyclic amines) is 1. The van der Waals surface area contributed by atoms with Gasteiger partial charge in [-0.05, 0) is 35.6 Å². The van der Waals surface area contributed by atoms with E-state index in [9.17, 15) is 24.6 Å². The summed E-state index contributed by atoms with van der Waals surface area (Å²) in [4.78, 5) is 38.5. The molecule has 8 heteroatoms. The van der Waals surface area contributed by atoms with Crippen molar-refractivity contribution in [3.05, 3.63) is 59.7 Å². The molecule has 8 nitrogen and oxygen atoms in total. The van der Waals surface area contributed by atoms with Gasteiger partial charge in [-0.2, -0.15) is 0 Å². The Morgan fingerprint density at radius 2 is 1.67 bits per heavy atom. The number of nitrogens with one attached hydrogen (secondary N) is 1. The van der Waals surface area contributed by atoms with E-state index < -0.39 is 35.7 Å². The molecule has 1 aliphatic heterocycles. The molecule has 174 valence electrons. The van der Waals surface area contributed by atoms with E-state index in [2.05, 4.69) is 5.32 Å². The Hall–Kier alpha value is -3.39. The number of ether oxygens (including phenoxy) is 1. The fourth-order valence-electron chi connectivity index (χ4n) is 4.74. The number of carbonyl (C=O) groups is 3. The van der Waals surface area contributed by atoms with Gasteiger partial charge < -0.3 is 25.2 Å². The maximum Gasteiger partial charge on any atom is 0.408 e. The van der Waals surface area contributed by atoms with Gasteiger partial charge >= 0.3 is 12.1 Å². The quantitative estimate of drug-likeness (QED) is 0.621. The number of nitrogens with zero attached hydrogens (tertiary/aromatic N) is 1. The normalized spacial score (nSPS) is 21.1. The van der Waals surface area contributed by atoms with Crippen molar-refractivity contribution in [3.8, 4) is 11.1 Å². The molecule has 4 rings (SSSR count). The summed E-state index contributed by atoms with van der Waals surface area (Å²) in [6, 6.07) is 14.9. The van der Waals surface area contributed by atoms with Gasteiger partial charge in [0, 0.05) is 18.9 Å². The average molecular weight is 453 g/mol. The van der Waals surface area contributed by atoms with E-state index in [1.807, 2.05) is 48.5 Å². The number of rotatable bonds is 6. The van der Waals surface area contributed by atoms with Crippen LogP contribution in [0.5, 0.6) is 0 Å². The minimum absolute atomic E-state index is 0.0359. The van der Waals surface area contributed by atoms with E-state index in [4.69, 9.17) is 4.74 Å². The minimum Gasteiger partial charge on any atom is -0.480 e. The van der Waals surface area contributed by atoms with Crippen molar-refractivity contribution >= 4 is 18.0 Å². The molecule has 0 saturated carbocycles. The summed E-state index contributed by atoms with van der Waals surface area (Å²) < 4.78 is 5.56. The van der Waals surface area contributed by atoms with Crippen molar-refractivity contribution in [1.82, 2.24) is 10.2 Å². The van der Waals surface area contributed by atoms with Crippen molar-refractivity contribution in [2.24, 2.45) is 0 Å². The van der Waals surface area contributed by atoms with Crippen LogP contribution in [0.2, 0.25) is 0 Å². The van der Waals surface area contributed by atoms with Gasteiger partial charge in [-0.1, -0.05) is 55.5 Å². The Morgan fingerprint density at radius 1 is 1.09 bits per heavy atom. The molecule has 0 spiro atoms. The second-order valence-electron chi connectivity index (χ2n) is 8.84. The third-order valence-corrected chi connectivity index (χ3v) is 6.73. The van der Waals surface area contributed by atoms with E-state index in [0.29, 0.717) is 0 Å². The van der Waals surface area contributed by atoms with Crippen LogP contribution in [-0.4, -0.2) is 63.9 Å². The molecule has 3 N–H and O–H groups in total. The number of fused-ring (bicyclic) bond motifs is 3. The van der Waals surface area contributed by atoms with Crippen LogP contribution in [-0.2, 0) is 14.3 Å². The molecule has 2 aromatic carbocycles. The molecule has 2 aliphatic rings. The van der Waals surface area contributed by atoms with Crippen molar-refractivity contribution < 1.29 is 29.3 Å². The first kappa shape index (κ1) is 22.8. The number of benzene rings is 2. The first-order valence-corrected chi connectivity index (χ1v) is 11.1. The fraction of sp³-hybridized carbons (Fsp3) is 0.400. The highest BCUT2D eigenvalue weighted by atomic mass is 16.5. The van der Waals surface area contributed by atoms with Gasteiger partial charge in [0.15, 0.2) is 0 Å². The summed E-state index contributed by atoms with van der Waals surface area (Å²) in [7, 11) is 0. The van der Waals surface area contributed by atoms with Gasteiger partial charge in [0.05, 0.1) is 6.10 Å². The lowest BCUT2D eigenvalue weighted by Crippen LogP contribution is -2.59. The highest BCUT2D eigenvalue weighted by Crippen LogP contribution is 2.44. The number of aliphatic hydroxyl groups is 1. The zero-order chi connectivity index (χ0) is 23.8. The van der Waals surface area contributed by atoms with Crippen LogP contribution in [0.3, 0.4) is 0 Å². The maximum atomic E-state index is 13.2. The molecule has 0 aromatic heterocycles. The van der Waals surface area contributed by atoms with Crippen LogP contribution < -0.4 is 5.32 Å². The zero-order valence-electron chi connectivity index (χ0n) is 18.7. The number of carboxylic acids is 1. The van der Waals surface area contributed by atoms with E-state index in [-0.39, 0.29) is 31.9 Å². The number of carbonyl (C=O) groups excluding carboxylic acids is 2. The first-order chi connectivity index (χ1) is 15.7. The summed E-state index contributed by atoms with van der Waals surface area (Å²) >= 11 is 0. The number of hydrogen-bond donors (Lipinski definition) is 3. The molecule has 0 radical (unpaired) electrons. The predicted octanol–water partition coefficient (Wildman–Crippen LogP) is 2.74. The van der Waals surface area contributed by atoms with E-state index >= 15 is 0 Å². The van der Waals surface area contributed by atoms with E-state index in [0.717, 1.165) is 27.2 Å². The van der Waals surface area contributed by atoms with E-state index in [1.165, 1.54) is 0 Å². The van der Waals surface area contributed by atoms with Gasteiger partial charge in [0.1, 0.15) is 18.2 Å². The summed E-state index contributed by atoms with van der Waals surface area (Å²) in [5.41, 5.74) is 3.03. The van der Waals surface area contributed by atoms with Gasteiger partial charge in [0.25, 0.3) is 0 Å². The molecule has 3 atom stereocenters. The number of β-amino-alcohol motifs (C(OH)–C–C–N with tert-alkyl or cyclic N) is 1. The maximum absolute atomic E-state index is 13.2. The Bertz CT molecular complexity index is 1040. The van der Waals surface area contributed by atoms with Crippen LogP contribution in [0.25, 0.3) is 11.1 Å². The van der Waals surface area contributed by atoms with Crippen LogP contribution >= 0.6 is 0 Å². The average Bonchev–Trinajstić information content (AvgIpc) is 3.35. The number of aliphatic hydroxyl groups excluding tert-OH is 1. The predicted molar refractivity (Wildman–Crippen MR) is 121 cm³/mol. The summed E-state index contributed by atoms with van der Waals surface area (Å²) in [5.74, 6) is -1.85. The molecule has 1 fully saturated rings. The van der Waals surface area contributed by atoms with Gasteiger partial charge in [-0.15, -0.1) is 0 Å². The molecule has 2 amide bonds. The van der Waals surface area contributed by atoms with Crippen molar-refractivity contribution in [2.45, 2.75) is 50.3 Å². The first-order valence-electron chi connectivity index (χ1n) is 11.1. The molecule has 33 heavy (non-hydrogen) atoms. The van der Waals surface area contributed by atoms with E-state index in [1.54, 1.807) is 13.8 Å². The SMILES string of the molecule is CCC(C)(NC(=O)OCC1c2ccccc2-c2ccccc21)C(=O)N1C[C@H](O)C[C@@H]1C(=O)O. The summed E-state index contributed by atoms with van der Waals surface area (Å²) in [6.45, 7) is 3.29. The Balaban J connectivity index is 1.46. The van der Waals surface area contributed by atoms with Crippen molar-refractivity contribution in [3.63, 3.8) is 0 Å². The van der Waals surface area contributed by atoms with Crippen molar-refractivity contribution in [1.29, 1.82) is 0 Å². The molecule has 1 aliphatic carbocycles. The molecule has 1 unspecified atom stereocenters. The number of alkyl carbamates (subject to hydrolysis) is 1. The van der Waals surface area contributed by atoms with Crippen LogP contribution in [0.4, 0.5) is 4.79 Å². The molecule has 1 heterocycles. The zero-order valence-corrected chi connectivity index (χ0v) is 18.7. The topological polar surface area (TPSA) is 116 Å². The molecular weight excluding hydrogens is 424 g/mol. The Kier molecular flexibility index (Phi) is 6.12. The van der Waals surface area contributed by atoms with Gasteiger partial charge in [-0.25, -0.2) is 9.59 Å². The van der Waals surface area contributed by atoms with Crippen LogP contribution in [0.15, 0.2) is 48.5 Å². The monoisotopic (exact) mass is 452 g/mol. The number of aliphatic carboxylic acids is 1. The number of hydrogen-bond acceptors (Lipinski definition) is 5. The summed E-state index contributed by atoms with van der Waals surface area (Å²) in [6.07, 6.45) is -1.47. The smallest absolute Gasteiger partial charge is 0.408 e. The van der Waals surface area contributed by atoms with Crippen LogP contribution in [0.1, 0.15) is 43.7 Å². The second-order valence-corrected chi connectivity index (χ2v) is 8.84. The minimum atomic E-state index is -1.36. The fourth-order valence-corrected chi connectivity index (χ4v) is 4.74. The highest BCUT2D eigenvalue weighted by Gasteiger charge is 2.46. The Morgan fingerprint density at radius 3 is 2.21 bits per heavy atom. The van der Waals surface area contributed by atoms with Crippen molar-refractivity contribution in [2.75, 3.05) is 13.2 Å². The summed E-state index contributed by atoms with van der Waals surface area (Å²) in [5, 5.41) is 21.9. The lowest BCUT2D eigenvalue weighted by atomic mass is 9.96. The second kappa shape index (κ2) is 8.86. The standard InChI is InChI=1S/C25H28N2O6/c1-3-25(2,23(31)27-13-15(28)12-21(27)22(29)30)26-24(32)33-14-20-18-10-6-4-8-16(18)17-9-5-7-11-19(17)20/h4-11,15,20-21,28H,3,12-14H2,1-2H3,(H,26,32)(H,29,30)/t15-,21-,25?/m1/s1. The number of carboxylic acid groups (broad SMARTS) is 1.